The molecular formula is C9H10ClFN2O3. The fraction of sp³-hybridized carbons (Fsp3) is 0.333. The van der Waals surface area contributed by atoms with Crippen molar-refractivity contribution in [1.29, 1.82) is 0 Å². The van der Waals surface area contributed by atoms with Gasteiger partial charge in [-0.2, -0.15) is 0 Å². The van der Waals surface area contributed by atoms with Crippen LogP contribution in [0.2, 0.25) is 5.02 Å². The maximum Gasteiger partial charge on any atom is 0.328 e. The molecule has 1 aromatic rings. The Labute approximate surface area is 95.8 Å². The van der Waals surface area contributed by atoms with Crippen LogP contribution in [0.15, 0.2) is 12.3 Å². The molecule has 88 valence electrons. The predicted octanol–water partition coefficient (Wildman–Crippen LogP) is 0.831. The Morgan fingerprint density at radius 3 is 2.69 bits per heavy atom. The number of amides is 1. The Morgan fingerprint density at radius 1 is 1.69 bits per heavy atom. The first-order chi connectivity index (χ1) is 7.45. The number of hydrogen-bond acceptors (Lipinski definition) is 2. The topological polar surface area (TPSA) is 71.3 Å². The molecule has 0 saturated heterocycles. The number of aliphatic carboxylic acids is 1. The Kier molecular flexibility index (Phi) is 3.89. The number of halogens is 2. The minimum atomic E-state index is -1.54. The van der Waals surface area contributed by atoms with Crippen LogP contribution in [0, 0.1) is 0 Å². The lowest BCUT2D eigenvalue weighted by Crippen LogP contribution is -2.42. The molecule has 0 saturated carbocycles. The normalized spacial score (nSPS) is 12.2. The molecule has 2 N–H and O–H groups in total. The summed E-state index contributed by atoms with van der Waals surface area (Å²) in [5, 5.41) is 10.9. The van der Waals surface area contributed by atoms with Crippen molar-refractivity contribution in [1.82, 2.24) is 9.88 Å². The molecular weight excluding hydrogens is 239 g/mol. The maximum absolute atomic E-state index is 12.3. The predicted molar refractivity (Wildman–Crippen MR) is 55.3 cm³/mol. The lowest BCUT2D eigenvalue weighted by atomic mass is 10.3. The largest absolute Gasteiger partial charge is 0.480 e. The number of aryl methyl sites for hydroxylation is 1. The van der Waals surface area contributed by atoms with Gasteiger partial charge in [0.05, 0.1) is 5.02 Å². The summed E-state index contributed by atoms with van der Waals surface area (Å²) in [7, 11) is 1.58. The summed E-state index contributed by atoms with van der Waals surface area (Å²) in [6, 6.07) is -0.172. The van der Waals surface area contributed by atoms with Gasteiger partial charge in [-0.1, -0.05) is 11.6 Å². The van der Waals surface area contributed by atoms with E-state index in [9.17, 15) is 14.0 Å². The number of aromatic nitrogens is 1. The summed E-state index contributed by atoms with van der Waals surface area (Å²) >= 11 is 5.65. The van der Waals surface area contributed by atoms with Gasteiger partial charge in [-0.25, -0.2) is 9.18 Å². The van der Waals surface area contributed by atoms with E-state index >= 15 is 0 Å². The second-order valence-electron chi connectivity index (χ2n) is 3.17. The number of rotatable bonds is 4. The van der Waals surface area contributed by atoms with Crippen molar-refractivity contribution in [3.63, 3.8) is 0 Å². The third kappa shape index (κ3) is 2.73. The van der Waals surface area contributed by atoms with Gasteiger partial charge in [0.1, 0.15) is 12.4 Å². The summed E-state index contributed by atoms with van der Waals surface area (Å²) in [6.45, 7) is -1.17. The summed E-state index contributed by atoms with van der Waals surface area (Å²) < 4.78 is 13.7. The Balaban J connectivity index is 2.79. The molecule has 1 unspecified atom stereocenters. The number of carboxylic acid groups (broad SMARTS) is 1. The summed E-state index contributed by atoms with van der Waals surface area (Å²) in [4.78, 5) is 22.0. The molecule has 16 heavy (non-hydrogen) atoms. The molecule has 1 atom stereocenters. The lowest BCUT2D eigenvalue weighted by Gasteiger charge is -2.10. The molecule has 1 rings (SSSR count). The van der Waals surface area contributed by atoms with Crippen molar-refractivity contribution in [2.24, 2.45) is 7.05 Å². The van der Waals surface area contributed by atoms with Crippen molar-refractivity contribution in [3.05, 3.63) is 23.0 Å². The first kappa shape index (κ1) is 12.5. The van der Waals surface area contributed by atoms with Gasteiger partial charge in [0.2, 0.25) is 0 Å². The summed E-state index contributed by atoms with van der Waals surface area (Å²) in [5.74, 6) is -2.10. The van der Waals surface area contributed by atoms with E-state index in [4.69, 9.17) is 16.7 Å². The molecule has 0 radical (unpaired) electrons. The molecule has 0 bridgehead atoms. The summed E-state index contributed by atoms with van der Waals surface area (Å²) in [6.07, 6.45) is 1.49. The zero-order valence-corrected chi connectivity index (χ0v) is 9.16. The Morgan fingerprint density at radius 2 is 2.31 bits per heavy atom. The van der Waals surface area contributed by atoms with Crippen molar-refractivity contribution in [2.45, 2.75) is 6.04 Å². The van der Waals surface area contributed by atoms with Gasteiger partial charge in [-0.05, 0) is 6.07 Å². The third-order valence-electron chi connectivity index (χ3n) is 1.96. The highest BCUT2D eigenvalue weighted by Gasteiger charge is 2.21. The van der Waals surface area contributed by atoms with Gasteiger partial charge < -0.3 is 15.0 Å². The number of nitrogens with zero attached hydrogens (tertiary/aromatic N) is 1. The average Bonchev–Trinajstić information content (AvgIpc) is 2.53. The van der Waals surface area contributed by atoms with E-state index in [1.165, 1.54) is 16.8 Å². The van der Waals surface area contributed by atoms with Crippen LogP contribution < -0.4 is 5.32 Å². The van der Waals surface area contributed by atoms with E-state index < -0.39 is 24.6 Å². The molecule has 5 nitrogen and oxygen atoms in total. The van der Waals surface area contributed by atoms with Crippen LogP contribution in [-0.2, 0) is 11.8 Å². The smallest absolute Gasteiger partial charge is 0.328 e. The second kappa shape index (κ2) is 4.98. The molecule has 0 aliphatic carbocycles. The van der Waals surface area contributed by atoms with Crippen LogP contribution >= 0.6 is 11.6 Å². The molecule has 0 aromatic carbocycles. The molecule has 1 amide bonds. The number of alkyl halides is 1. The van der Waals surface area contributed by atoms with Crippen LogP contribution in [0.4, 0.5) is 4.39 Å². The second-order valence-corrected chi connectivity index (χ2v) is 3.61. The van der Waals surface area contributed by atoms with Gasteiger partial charge in [0.15, 0.2) is 6.04 Å². The fourth-order valence-corrected chi connectivity index (χ4v) is 1.40. The van der Waals surface area contributed by atoms with Crippen molar-refractivity contribution < 1.29 is 19.1 Å². The van der Waals surface area contributed by atoms with E-state index in [2.05, 4.69) is 0 Å². The quantitative estimate of drug-likeness (QED) is 0.829. The van der Waals surface area contributed by atoms with E-state index in [1.807, 2.05) is 5.32 Å². The number of carbonyl (C=O) groups is 2. The van der Waals surface area contributed by atoms with Gasteiger partial charge in [0.25, 0.3) is 5.91 Å². The zero-order chi connectivity index (χ0) is 12.3. The highest BCUT2D eigenvalue weighted by atomic mass is 35.5. The van der Waals surface area contributed by atoms with E-state index in [0.717, 1.165) is 0 Å². The van der Waals surface area contributed by atoms with E-state index in [0.29, 0.717) is 5.02 Å². The minimum absolute atomic E-state index is 0.171. The first-order valence-corrected chi connectivity index (χ1v) is 4.75. The standard InChI is InChI=1S/C9H10ClFN2O3/c1-13-4-5(10)2-7(13)8(14)12-6(3-11)9(15)16/h2,4,6H,3H2,1H3,(H,12,14)(H,15,16). The van der Waals surface area contributed by atoms with Crippen molar-refractivity contribution in [3.8, 4) is 0 Å². The SMILES string of the molecule is Cn1cc(Cl)cc1C(=O)NC(CF)C(=O)O. The fourth-order valence-electron chi connectivity index (χ4n) is 1.15. The Bertz CT molecular complexity index is 419. The van der Waals surface area contributed by atoms with Crippen LogP contribution in [0.3, 0.4) is 0 Å². The van der Waals surface area contributed by atoms with E-state index in [-0.39, 0.29) is 5.69 Å². The third-order valence-corrected chi connectivity index (χ3v) is 2.17. The monoisotopic (exact) mass is 248 g/mol. The van der Waals surface area contributed by atoms with Crippen LogP contribution in [-0.4, -0.2) is 34.3 Å². The van der Waals surface area contributed by atoms with Gasteiger partial charge in [0, 0.05) is 13.2 Å². The summed E-state index contributed by atoms with van der Waals surface area (Å²) in [5.41, 5.74) is 0.171. The maximum atomic E-state index is 12.3. The number of hydrogen-bond donors (Lipinski definition) is 2. The highest BCUT2D eigenvalue weighted by Crippen LogP contribution is 2.12. The highest BCUT2D eigenvalue weighted by molar-refractivity contribution is 6.31. The van der Waals surface area contributed by atoms with Gasteiger partial charge >= 0.3 is 5.97 Å². The number of carboxylic acids is 1. The molecule has 0 aliphatic rings. The first-order valence-electron chi connectivity index (χ1n) is 4.37. The number of nitrogens with one attached hydrogen (secondary N) is 1. The molecule has 0 fully saturated rings. The van der Waals surface area contributed by atoms with Crippen LogP contribution in [0.25, 0.3) is 0 Å². The van der Waals surface area contributed by atoms with Crippen molar-refractivity contribution >= 4 is 23.5 Å². The lowest BCUT2D eigenvalue weighted by molar-refractivity contribution is -0.139. The van der Waals surface area contributed by atoms with Gasteiger partial charge in [-0.15, -0.1) is 0 Å². The van der Waals surface area contributed by atoms with Crippen LogP contribution in [0.5, 0.6) is 0 Å². The Hall–Kier alpha value is -1.56. The molecule has 0 aliphatic heterocycles. The minimum Gasteiger partial charge on any atom is -0.480 e. The zero-order valence-electron chi connectivity index (χ0n) is 8.41. The molecule has 0 spiro atoms. The molecule has 7 heteroatoms. The van der Waals surface area contributed by atoms with Crippen LogP contribution in [0.1, 0.15) is 10.5 Å². The molecule has 1 aromatic heterocycles. The van der Waals surface area contributed by atoms with Crippen molar-refractivity contribution in [2.75, 3.05) is 6.67 Å². The van der Waals surface area contributed by atoms with Gasteiger partial charge in [-0.3, -0.25) is 4.79 Å². The average molecular weight is 249 g/mol. The number of carbonyl (C=O) groups excluding carboxylic acids is 1. The van der Waals surface area contributed by atoms with E-state index in [1.54, 1.807) is 7.05 Å². The molecule has 1 heterocycles.